The fourth-order valence-electron chi connectivity index (χ4n) is 4.04. The van der Waals surface area contributed by atoms with Gasteiger partial charge in [-0.25, -0.2) is 19.7 Å². The number of hydrogen-bond donors (Lipinski definition) is 2. The summed E-state index contributed by atoms with van der Waals surface area (Å²) >= 11 is 0. The van der Waals surface area contributed by atoms with Crippen LogP contribution >= 0.6 is 0 Å². The quantitative estimate of drug-likeness (QED) is 0.265. The fourth-order valence-corrected chi connectivity index (χ4v) is 4.04. The van der Waals surface area contributed by atoms with Gasteiger partial charge in [0.2, 0.25) is 23.4 Å². The Balaban J connectivity index is 1.60. The Hall–Kier alpha value is -5.27. The number of benzene rings is 1. The van der Waals surface area contributed by atoms with Crippen molar-refractivity contribution in [3.63, 3.8) is 0 Å². The second kappa shape index (κ2) is 12.5. The molecule has 0 spiro atoms. The molecule has 42 heavy (non-hydrogen) atoms. The number of carbonyl (C=O) groups is 3. The number of nitrogens with zero attached hydrogens (tertiary/aromatic N) is 6. The Morgan fingerprint density at radius 3 is 2.36 bits per heavy atom. The number of ketones is 1. The normalized spacial score (nSPS) is 12.0. The zero-order valence-electron chi connectivity index (χ0n) is 23.7. The van der Waals surface area contributed by atoms with Gasteiger partial charge in [0, 0.05) is 12.4 Å². The molecule has 218 valence electrons. The molecule has 1 atom stereocenters. The van der Waals surface area contributed by atoms with Crippen LogP contribution in [0.5, 0.6) is 0 Å². The number of ether oxygens (including phenoxy) is 1. The third-order valence-electron chi connectivity index (χ3n) is 6.39. The summed E-state index contributed by atoms with van der Waals surface area (Å²) in [5.41, 5.74) is -0.684. The Labute approximate surface area is 240 Å². The summed E-state index contributed by atoms with van der Waals surface area (Å²) in [6.45, 7) is 6.58. The number of methoxy groups -OCH3 is 1. The molecule has 0 unspecified atom stereocenters. The van der Waals surface area contributed by atoms with E-state index in [0.717, 1.165) is 11.7 Å². The first-order valence-electron chi connectivity index (χ1n) is 13.0. The van der Waals surface area contributed by atoms with Crippen molar-refractivity contribution in [1.29, 1.82) is 0 Å². The summed E-state index contributed by atoms with van der Waals surface area (Å²) in [6, 6.07) is 9.45. The molecule has 3 aromatic heterocycles. The lowest BCUT2D eigenvalue weighted by Crippen LogP contribution is -2.46. The zero-order chi connectivity index (χ0) is 30.4. The van der Waals surface area contributed by atoms with E-state index < -0.39 is 41.3 Å². The van der Waals surface area contributed by atoms with Crippen molar-refractivity contribution in [3.05, 3.63) is 82.9 Å². The van der Waals surface area contributed by atoms with Crippen LogP contribution in [0.4, 0.5) is 10.6 Å². The smallest absolute Gasteiger partial charge is 0.412 e. The molecule has 2 N–H and O–H groups in total. The number of Topliss-reactive ketones (excluding diaryl/α,β-unsaturated/α-hetero) is 1. The minimum Gasteiger partial charge on any atom is -0.453 e. The summed E-state index contributed by atoms with van der Waals surface area (Å²) < 4.78 is 11.4. The van der Waals surface area contributed by atoms with Crippen molar-refractivity contribution in [2.45, 2.75) is 45.7 Å². The standard InChI is InChI=1S/C28H30N8O6/c1-16(2)20(21(38)23-34-35-26(42-23)28(3,4)25-29-12-9-13-30-25)32-19(37)15-36-18(17-10-7-6-8-11-17)14-31-22(24(36)39)33-27(40)41-5/h6-14,16,20H,15H2,1-5H3,(H,32,37)(H,31,33,40)/t20-/m1/s1. The third kappa shape index (κ3) is 6.37. The maximum atomic E-state index is 13.4. The van der Waals surface area contributed by atoms with Crippen LogP contribution in [0.25, 0.3) is 11.3 Å². The summed E-state index contributed by atoms with van der Waals surface area (Å²) in [6.07, 6.45) is 3.64. The van der Waals surface area contributed by atoms with E-state index >= 15 is 0 Å². The highest BCUT2D eigenvalue weighted by Crippen LogP contribution is 2.28. The Kier molecular flexibility index (Phi) is 8.84. The molecule has 0 fully saturated rings. The summed E-state index contributed by atoms with van der Waals surface area (Å²) in [7, 11) is 1.14. The van der Waals surface area contributed by atoms with Gasteiger partial charge in [0.15, 0.2) is 0 Å². The minimum absolute atomic E-state index is 0.132. The molecular weight excluding hydrogens is 544 g/mol. The predicted molar refractivity (Wildman–Crippen MR) is 150 cm³/mol. The van der Waals surface area contributed by atoms with Gasteiger partial charge in [0.25, 0.3) is 11.4 Å². The van der Waals surface area contributed by atoms with Crippen LogP contribution in [-0.4, -0.2) is 60.7 Å². The van der Waals surface area contributed by atoms with E-state index in [9.17, 15) is 19.2 Å². The fraction of sp³-hybridized carbons (Fsp3) is 0.321. The van der Waals surface area contributed by atoms with Gasteiger partial charge in [-0.15, -0.1) is 10.2 Å². The number of aromatic nitrogens is 6. The van der Waals surface area contributed by atoms with Crippen LogP contribution in [-0.2, 0) is 21.5 Å². The van der Waals surface area contributed by atoms with Crippen molar-refractivity contribution in [2.75, 3.05) is 12.4 Å². The molecular formula is C28H30N8O6. The molecule has 2 amide bonds. The molecule has 0 bridgehead atoms. The van der Waals surface area contributed by atoms with Crippen LogP contribution in [0, 0.1) is 5.92 Å². The van der Waals surface area contributed by atoms with Gasteiger partial charge in [0.05, 0.1) is 25.0 Å². The minimum atomic E-state index is -1.05. The van der Waals surface area contributed by atoms with Gasteiger partial charge in [-0.3, -0.25) is 24.3 Å². The molecule has 4 aromatic rings. The largest absolute Gasteiger partial charge is 0.453 e. The van der Waals surface area contributed by atoms with Crippen LogP contribution in [0.15, 0.2) is 64.2 Å². The molecule has 0 saturated carbocycles. The molecule has 0 aliphatic heterocycles. The van der Waals surface area contributed by atoms with Gasteiger partial charge in [-0.1, -0.05) is 44.2 Å². The highest BCUT2D eigenvalue weighted by atomic mass is 16.5. The number of rotatable bonds is 10. The number of nitrogens with one attached hydrogen (secondary N) is 2. The summed E-state index contributed by atoms with van der Waals surface area (Å²) in [5, 5.41) is 12.9. The molecule has 0 aliphatic carbocycles. The molecule has 14 nitrogen and oxygen atoms in total. The van der Waals surface area contributed by atoms with Crippen molar-refractivity contribution in [2.24, 2.45) is 5.92 Å². The van der Waals surface area contributed by atoms with Gasteiger partial charge < -0.3 is 14.5 Å². The second-order valence-corrected chi connectivity index (χ2v) is 10.1. The van der Waals surface area contributed by atoms with E-state index in [1.165, 1.54) is 6.20 Å². The summed E-state index contributed by atoms with van der Waals surface area (Å²) in [4.78, 5) is 64.3. The number of anilines is 1. The maximum Gasteiger partial charge on any atom is 0.412 e. The molecule has 1 aromatic carbocycles. The number of hydrogen-bond acceptors (Lipinski definition) is 11. The average Bonchev–Trinajstić information content (AvgIpc) is 3.50. The van der Waals surface area contributed by atoms with Crippen molar-refractivity contribution in [1.82, 2.24) is 35.0 Å². The van der Waals surface area contributed by atoms with E-state index in [0.29, 0.717) is 17.1 Å². The average molecular weight is 575 g/mol. The van der Waals surface area contributed by atoms with Gasteiger partial charge in [-0.2, -0.15) is 0 Å². The van der Waals surface area contributed by atoms with Crippen LogP contribution < -0.4 is 16.2 Å². The highest BCUT2D eigenvalue weighted by Gasteiger charge is 2.35. The lowest BCUT2D eigenvalue weighted by atomic mass is 9.92. The first-order valence-corrected chi connectivity index (χ1v) is 13.0. The van der Waals surface area contributed by atoms with Gasteiger partial charge in [-0.05, 0) is 31.4 Å². The summed E-state index contributed by atoms with van der Waals surface area (Å²) in [5.74, 6) is -1.67. The molecule has 3 heterocycles. The maximum absolute atomic E-state index is 13.4. The Morgan fingerprint density at radius 1 is 1.02 bits per heavy atom. The monoisotopic (exact) mass is 574 g/mol. The predicted octanol–water partition coefficient (Wildman–Crippen LogP) is 2.61. The third-order valence-corrected chi connectivity index (χ3v) is 6.39. The second-order valence-electron chi connectivity index (χ2n) is 10.1. The van der Waals surface area contributed by atoms with E-state index in [2.05, 4.69) is 40.5 Å². The van der Waals surface area contributed by atoms with Crippen LogP contribution in [0.3, 0.4) is 0 Å². The van der Waals surface area contributed by atoms with E-state index in [1.54, 1.807) is 76.5 Å². The highest BCUT2D eigenvalue weighted by molar-refractivity contribution is 5.98. The Morgan fingerprint density at radius 2 is 1.71 bits per heavy atom. The first kappa shape index (κ1) is 29.7. The van der Waals surface area contributed by atoms with Crippen LogP contribution in [0.1, 0.15) is 50.1 Å². The first-order chi connectivity index (χ1) is 20.0. The lowest BCUT2D eigenvalue weighted by Gasteiger charge is -2.21. The molecule has 14 heteroatoms. The number of amides is 2. The molecule has 0 saturated heterocycles. The SMILES string of the molecule is COC(=O)Nc1ncc(-c2ccccc2)n(CC(=O)N[C@@H](C(=O)c2nnc(C(C)(C)c3ncccn3)o2)C(C)C)c1=O. The number of carbonyl (C=O) groups excluding carboxylic acids is 3. The lowest BCUT2D eigenvalue weighted by molar-refractivity contribution is -0.122. The van der Waals surface area contributed by atoms with E-state index in [-0.39, 0.29) is 23.5 Å². The Bertz CT molecular complexity index is 1630. The van der Waals surface area contributed by atoms with Crippen molar-refractivity contribution in [3.8, 4) is 11.3 Å². The molecule has 0 aliphatic rings. The zero-order valence-corrected chi connectivity index (χ0v) is 23.7. The molecule has 0 radical (unpaired) electrons. The van der Waals surface area contributed by atoms with Gasteiger partial charge in [0.1, 0.15) is 17.8 Å². The van der Waals surface area contributed by atoms with Gasteiger partial charge >= 0.3 is 6.09 Å². The van der Waals surface area contributed by atoms with Crippen LogP contribution in [0.2, 0.25) is 0 Å². The molecule has 4 rings (SSSR count). The topological polar surface area (TPSA) is 184 Å². The van der Waals surface area contributed by atoms with Crippen molar-refractivity contribution < 1.29 is 23.5 Å². The van der Waals surface area contributed by atoms with E-state index in [1.807, 2.05) is 0 Å². The van der Waals surface area contributed by atoms with Crippen molar-refractivity contribution >= 4 is 23.6 Å². The van der Waals surface area contributed by atoms with E-state index in [4.69, 9.17) is 4.42 Å².